The lowest BCUT2D eigenvalue weighted by Crippen LogP contribution is -2.37. The highest BCUT2D eigenvalue weighted by Gasteiger charge is 2.17. The summed E-state index contributed by atoms with van der Waals surface area (Å²) in [6.45, 7) is 2.03. The van der Waals surface area contributed by atoms with E-state index in [0.29, 0.717) is 17.0 Å². The van der Waals surface area contributed by atoms with E-state index in [9.17, 15) is 4.79 Å². The van der Waals surface area contributed by atoms with Gasteiger partial charge in [-0.05, 0) is 47.9 Å². The molecule has 1 aliphatic carbocycles. The van der Waals surface area contributed by atoms with Crippen molar-refractivity contribution in [2.75, 3.05) is 5.75 Å². The number of tetrazole rings is 1. The van der Waals surface area contributed by atoms with Gasteiger partial charge in [0.2, 0.25) is 11.1 Å². The Hall–Kier alpha value is -1.89. The van der Waals surface area contributed by atoms with Crippen LogP contribution >= 0.6 is 11.8 Å². The van der Waals surface area contributed by atoms with Crippen molar-refractivity contribution in [3.63, 3.8) is 0 Å². The molecule has 1 amide bonds. The Bertz CT molecular complexity index is 666. The fourth-order valence-electron chi connectivity index (χ4n) is 2.84. The number of carbonyl (C=O) groups excluding carboxylic acids is 1. The Morgan fingerprint density at radius 1 is 1.35 bits per heavy atom. The van der Waals surface area contributed by atoms with E-state index < -0.39 is 0 Å². The van der Waals surface area contributed by atoms with Gasteiger partial charge in [0.1, 0.15) is 0 Å². The molecule has 6 nitrogen and oxygen atoms in total. The van der Waals surface area contributed by atoms with E-state index in [2.05, 4.69) is 20.8 Å². The molecule has 1 saturated carbocycles. The largest absolute Gasteiger partial charge is 0.353 e. The van der Waals surface area contributed by atoms with Crippen molar-refractivity contribution >= 4 is 17.7 Å². The average molecular weight is 331 g/mol. The quantitative estimate of drug-likeness (QED) is 0.852. The van der Waals surface area contributed by atoms with Crippen LogP contribution in [0.1, 0.15) is 37.7 Å². The van der Waals surface area contributed by atoms with Crippen molar-refractivity contribution in [1.29, 1.82) is 0 Å². The van der Waals surface area contributed by atoms with Crippen LogP contribution in [0.5, 0.6) is 0 Å². The molecule has 1 aromatic heterocycles. The minimum absolute atomic E-state index is 0.0562. The number of amides is 1. The van der Waals surface area contributed by atoms with Gasteiger partial charge in [-0.2, -0.15) is 4.68 Å². The number of carbonyl (C=O) groups is 1. The average Bonchev–Trinajstić information content (AvgIpc) is 3.02. The molecule has 23 heavy (non-hydrogen) atoms. The molecule has 1 heterocycles. The van der Waals surface area contributed by atoms with Gasteiger partial charge in [0.05, 0.1) is 11.4 Å². The second-order valence-electron chi connectivity index (χ2n) is 5.90. The number of hydrogen-bond acceptors (Lipinski definition) is 5. The molecule has 0 unspecified atom stereocenters. The van der Waals surface area contributed by atoms with E-state index in [4.69, 9.17) is 0 Å². The molecule has 0 aliphatic heterocycles. The fourth-order valence-corrected chi connectivity index (χ4v) is 3.54. The van der Waals surface area contributed by atoms with Crippen molar-refractivity contribution in [3.05, 3.63) is 29.8 Å². The van der Waals surface area contributed by atoms with E-state index in [1.807, 2.05) is 31.2 Å². The third-order valence-electron chi connectivity index (χ3n) is 3.99. The minimum Gasteiger partial charge on any atom is -0.353 e. The molecule has 1 fully saturated rings. The second-order valence-corrected chi connectivity index (χ2v) is 6.85. The highest BCUT2D eigenvalue weighted by Crippen LogP contribution is 2.20. The number of aromatic nitrogens is 4. The van der Waals surface area contributed by atoms with Crippen LogP contribution in [0.4, 0.5) is 0 Å². The van der Waals surface area contributed by atoms with Crippen LogP contribution < -0.4 is 5.32 Å². The number of nitrogens with one attached hydrogen (secondary N) is 1. The Kier molecular flexibility index (Phi) is 5.27. The van der Waals surface area contributed by atoms with Gasteiger partial charge in [-0.3, -0.25) is 4.79 Å². The van der Waals surface area contributed by atoms with E-state index in [1.54, 1.807) is 4.68 Å². The number of hydrogen-bond donors (Lipinski definition) is 1. The van der Waals surface area contributed by atoms with Crippen molar-refractivity contribution in [1.82, 2.24) is 25.5 Å². The molecule has 0 spiro atoms. The highest BCUT2D eigenvalue weighted by molar-refractivity contribution is 7.99. The Labute approximate surface area is 140 Å². The van der Waals surface area contributed by atoms with Crippen LogP contribution in [0.3, 0.4) is 0 Å². The normalized spacial score (nSPS) is 15.5. The van der Waals surface area contributed by atoms with Crippen LogP contribution in [0.15, 0.2) is 29.4 Å². The molecule has 3 rings (SSSR count). The predicted octanol–water partition coefficient (Wildman–Crippen LogP) is 2.51. The lowest BCUT2D eigenvalue weighted by molar-refractivity contribution is -0.119. The summed E-state index contributed by atoms with van der Waals surface area (Å²) in [7, 11) is 0. The standard InChI is InChI=1S/C16H21N5OS/c1-12-6-5-9-14(10-12)21-16(18-19-20-21)23-11-15(22)17-13-7-3-2-4-8-13/h5-6,9-10,13H,2-4,7-8,11H2,1H3,(H,17,22). The summed E-state index contributed by atoms with van der Waals surface area (Å²) in [6.07, 6.45) is 5.90. The summed E-state index contributed by atoms with van der Waals surface area (Å²) in [4.78, 5) is 12.1. The van der Waals surface area contributed by atoms with E-state index >= 15 is 0 Å². The maximum absolute atomic E-state index is 12.1. The Balaban J connectivity index is 1.58. The van der Waals surface area contributed by atoms with Crippen LogP contribution in [0.25, 0.3) is 5.69 Å². The lowest BCUT2D eigenvalue weighted by atomic mass is 9.95. The maximum atomic E-state index is 12.1. The molecular formula is C16H21N5OS. The van der Waals surface area contributed by atoms with Crippen LogP contribution in [-0.2, 0) is 4.79 Å². The molecule has 7 heteroatoms. The van der Waals surface area contributed by atoms with Crippen LogP contribution in [0, 0.1) is 6.92 Å². The fraction of sp³-hybridized carbons (Fsp3) is 0.500. The SMILES string of the molecule is Cc1cccc(-n2nnnc2SCC(=O)NC2CCCCC2)c1. The highest BCUT2D eigenvalue weighted by atomic mass is 32.2. The zero-order chi connectivity index (χ0) is 16.1. The molecular weight excluding hydrogens is 310 g/mol. The van der Waals surface area contributed by atoms with Gasteiger partial charge in [-0.25, -0.2) is 0 Å². The van der Waals surface area contributed by atoms with Crippen molar-refractivity contribution in [2.45, 2.75) is 50.2 Å². The summed E-state index contributed by atoms with van der Waals surface area (Å²) in [5, 5.41) is 15.5. The van der Waals surface area contributed by atoms with Gasteiger partial charge in [-0.1, -0.05) is 43.2 Å². The number of benzene rings is 1. The first-order valence-electron chi connectivity index (χ1n) is 8.00. The van der Waals surface area contributed by atoms with Gasteiger partial charge < -0.3 is 5.32 Å². The molecule has 1 N–H and O–H groups in total. The first-order valence-corrected chi connectivity index (χ1v) is 8.98. The number of aryl methyl sites for hydroxylation is 1. The van der Waals surface area contributed by atoms with Gasteiger partial charge in [-0.15, -0.1) is 5.10 Å². The third kappa shape index (κ3) is 4.31. The summed E-state index contributed by atoms with van der Waals surface area (Å²) in [5.41, 5.74) is 2.05. The molecule has 1 aromatic carbocycles. The minimum atomic E-state index is 0.0562. The first-order chi connectivity index (χ1) is 11.2. The van der Waals surface area contributed by atoms with Crippen LogP contribution in [-0.4, -0.2) is 37.9 Å². The predicted molar refractivity (Wildman–Crippen MR) is 89.6 cm³/mol. The Morgan fingerprint density at radius 3 is 2.96 bits per heavy atom. The summed E-state index contributed by atoms with van der Waals surface area (Å²) < 4.78 is 1.67. The summed E-state index contributed by atoms with van der Waals surface area (Å²) in [5.74, 6) is 0.392. The number of thioether (sulfide) groups is 1. The maximum Gasteiger partial charge on any atom is 0.230 e. The molecule has 2 aromatic rings. The zero-order valence-corrected chi connectivity index (χ0v) is 14.1. The Morgan fingerprint density at radius 2 is 2.17 bits per heavy atom. The second kappa shape index (κ2) is 7.59. The monoisotopic (exact) mass is 331 g/mol. The van der Waals surface area contributed by atoms with Gasteiger partial charge in [0.15, 0.2) is 0 Å². The lowest BCUT2D eigenvalue weighted by Gasteiger charge is -2.22. The number of rotatable bonds is 5. The van der Waals surface area contributed by atoms with Crippen LogP contribution in [0.2, 0.25) is 0 Å². The van der Waals surface area contributed by atoms with Crippen molar-refractivity contribution < 1.29 is 4.79 Å². The summed E-state index contributed by atoms with van der Waals surface area (Å²) >= 11 is 1.37. The topological polar surface area (TPSA) is 72.7 Å². The smallest absolute Gasteiger partial charge is 0.230 e. The molecule has 0 radical (unpaired) electrons. The van der Waals surface area contributed by atoms with E-state index in [0.717, 1.165) is 24.1 Å². The van der Waals surface area contributed by atoms with Crippen molar-refractivity contribution in [2.24, 2.45) is 0 Å². The van der Waals surface area contributed by atoms with Gasteiger partial charge in [0, 0.05) is 6.04 Å². The van der Waals surface area contributed by atoms with Crippen molar-refractivity contribution in [3.8, 4) is 5.69 Å². The zero-order valence-electron chi connectivity index (χ0n) is 13.2. The molecule has 0 bridgehead atoms. The van der Waals surface area contributed by atoms with E-state index in [-0.39, 0.29) is 5.91 Å². The molecule has 1 aliphatic rings. The van der Waals surface area contributed by atoms with E-state index in [1.165, 1.54) is 31.0 Å². The van der Waals surface area contributed by atoms with Gasteiger partial charge in [0.25, 0.3) is 0 Å². The third-order valence-corrected chi connectivity index (χ3v) is 4.91. The molecule has 0 atom stereocenters. The summed E-state index contributed by atoms with van der Waals surface area (Å²) in [6, 6.07) is 8.30. The molecule has 0 saturated heterocycles. The molecule has 122 valence electrons. The van der Waals surface area contributed by atoms with Gasteiger partial charge >= 0.3 is 0 Å². The number of nitrogens with zero attached hydrogens (tertiary/aromatic N) is 4. The first kappa shape index (κ1) is 16.0.